The van der Waals surface area contributed by atoms with Gasteiger partial charge in [0.15, 0.2) is 0 Å². The van der Waals surface area contributed by atoms with Crippen molar-refractivity contribution in [1.29, 1.82) is 0 Å². The van der Waals surface area contributed by atoms with Crippen LogP contribution in [-0.4, -0.2) is 119 Å². The van der Waals surface area contributed by atoms with Crippen LogP contribution in [0.3, 0.4) is 0 Å². The summed E-state index contributed by atoms with van der Waals surface area (Å²) in [5, 5.41) is 7.36. The summed E-state index contributed by atoms with van der Waals surface area (Å²) in [6, 6.07) is 3.58. The van der Waals surface area contributed by atoms with Gasteiger partial charge in [0.2, 0.25) is 0 Å². The molecule has 0 aromatic rings. The van der Waals surface area contributed by atoms with Gasteiger partial charge >= 0.3 is 26.4 Å². The largest absolute Gasteiger partial charge is 0.500 e. The van der Waals surface area contributed by atoms with Crippen LogP contribution < -0.4 is 10.6 Å². The van der Waals surface area contributed by atoms with E-state index in [1.54, 1.807) is 64.0 Å². The predicted octanol–water partition coefficient (Wildman–Crippen LogP) is 2.55. The van der Waals surface area contributed by atoms with Gasteiger partial charge < -0.3 is 50.5 Å². The topological polar surface area (TPSA) is 107 Å². The number of hydrogen-bond donors (Lipinski definition) is 2. The molecule has 0 saturated carbocycles. The van der Waals surface area contributed by atoms with Gasteiger partial charge in [-0.15, -0.1) is 0 Å². The maximum Gasteiger partial charge on any atom is 0.500 e. The predicted molar refractivity (Wildman–Crippen MR) is 153 cm³/mol. The van der Waals surface area contributed by atoms with E-state index in [1.165, 1.54) is 18.9 Å². The third-order valence-corrected chi connectivity index (χ3v) is 16.5. The first kappa shape index (κ1) is 37.4. The molecule has 0 spiro atoms. The van der Waals surface area contributed by atoms with Crippen LogP contribution in [0.15, 0.2) is 0 Å². The van der Waals surface area contributed by atoms with Gasteiger partial charge in [-0.2, -0.15) is 0 Å². The van der Waals surface area contributed by atoms with Gasteiger partial charge in [0, 0.05) is 87.9 Å². The van der Waals surface area contributed by atoms with E-state index in [4.69, 9.17) is 39.8 Å². The first-order chi connectivity index (χ1) is 17.8. The first-order valence-corrected chi connectivity index (χ1v) is 20.1. The molecular formula is C22H54N2O9Si4. The molecule has 0 unspecified atom stereocenters. The van der Waals surface area contributed by atoms with Crippen LogP contribution in [-0.2, 0) is 39.8 Å². The van der Waals surface area contributed by atoms with Crippen molar-refractivity contribution < 1.29 is 39.8 Å². The summed E-state index contributed by atoms with van der Waals surface area (Å²) in [6.07, 6.45) is 6.42. The van der Waals surface area contributed by atoms with Crippen molar-refractivity contribution in [2.24, 2.45) is 0 Å². The van der Waals surface area contributed by atoms with Crippen LogP contribution in [0, 0.1) is 0 Å². The normalized spacial score (nSPS) is 13.1. The monoisotopic (exact) mass is 602 g/mol. The molecule has 15 heteroatoms. The molecule has 222 valence electrons. The summed E-state index contributed by atoms with van der Waals surface area (Å²) in [5.41, 5.74) is 0. The van der Waals surface area contributed by atoms with Crippen LogP contribution in [0.2, 0.25) is 24.2 Å². The van der Waals surface area contributed by atoms with E-state index >= 15 is 0 Å². The molecule has 0 aliphatic rings. The molecule has 0 amide bonds. The van der Waals surface area contributed by atoms with Gasteiger partial charge in [-0.1, -0.05) is 25.3 Å². The van der Waals surface area contributed by atoms with Gasteiger partial charge in [0.05, 0.1) is 9.52 Å². The SMILES string of the molecule is CO[Si](CCCCCC[Si]C(NCCC[Si](OC)(OC)OC)NCCC[Si](OC)(OC)OC)(OC)OC. The van der Waals surface area contributed by atoms with Crippen molar-refractivity contribution in [3.05, 3.63) is 0 Å². The molecule has 0 rings (SSSR count). The summed E-state index contributed by atoms with van der Waals surface area (Å²) in [5.74, 6) is 0.253. The molecule has 2 radical (unpaired) electrons. The molecule has 0 heterocycles. The highest BCUT2D eigenvalue weighted by Crippen LogP contribution is 2.18. The van der Waals surface area contributed by atoms with Gasteiger partial charge in [0.1, 0.15) is 0 Å². The van der Waals surface area contributed by atoms with Crippen LogP contribution in [0.25, 0.3) is 0 Å². The molecule has 0 aromatic heterocycles. The fourth-order valence-corrected chi connectivity index (χ4v) is 10.6. The second-order valence-corrected chi connectivity index (χ2v) is 19.3. The maximum atomic E-state index is 5.54. The molecule has 0 fully saturated rings. The summed E-state index contributed by atoms with van der Waals surface area (Å²) >= 11 is 0. The Morgan fingerprint density at radius 2 is 0.784 bits per heavy atom. The van der Waals surface area contributed by atoms with Gasteiger partial charge in [-0.05, 0) is 32.4 Å². The molecule has 2 N–H and O–H groups in total. The smallest absolute Gasteiger partial charge is 0.377 e. The Bertz CT molecular complexity index is 480. The third-order valence-electron chi connectivity index (χ3n) is 6.57. The summed E-state index contributed by atoms with van der Waals surface area (Å²) in [6.45, 7) is 1.72. The van der Waals surface area contributed by atoms with Crippen molar-refractivity contribution in [2.45, 2.75) is 68.5 Å². The zero-order chi connectivity index (χ0) is 28.0. The van der Waals surface area contributed by atoms with Crippen LogP contribution in [0.1, 0.15) is 38.5 Å². The highest BCUT2D eigenvalue weighted by atomic mass is 28.4. The lowest BCUT2D eigenvalue weighted by atomic mass is 10.2. The number of nitrogens with one attached hydrogen (secondary N) is 2. The Kier molecular flexibility index (Phi) is 22.4. The molecular weight excluding hydrogens is 549 g/mol. The Balaban J connectivity index is 4.56. The molecule has 0 aliphatic heterocycles. The molecule has 11 nitrogen and oxygen atoms in total. The minimum absolute atomic E-state index is 0.253. The van der Waals surface area contributed by atoms with E-state index in [0.717, 1.165) is 66.4 Å². The fraction of sp³-hybridized carbons (Fsp3) is 1.00. The van der Waals surface area contributed by atoms with E-state index in [-0.39, 0.29) is 5.79 Å². The van der Waals surface area contributed by atoms with Gasteiger partial charge in [-0.25, -0.2) is 0 Å². The lowest BCUT2D eigenvalue weighted by molar-refractivity contribution is 0.122. The fourth-order valence-electron chi connectivity index (χ4n) is 4.05. The molecule has 0 atom stereocenters. The van der Waals surface area contributed by atoms with E-state index in [1.807, 2.05) is 0 Å². The lowest BCUT2D eigenvalue weighted by Gasteiger charge is -2.26. The first-order valence-electron chi connectivity index (χ1n) is 13.0. The Hall–Kier alpha value is 0.428. The summed E-state index contributed by atoms with van der Waals surface area (Å²) in [7, 11) is 8.19. The van der Waals surface area contributed by atoms with Gasteiger partial charge in [0.25, 0.3) is 0 Å². The molecule has 0 bridgehead atoms. The van der Waals surface area contributed by atoms with Crippen molar-refractivity contribution in [3.8, 4) is 0 Å². The zero-order valence-corrected chi connectivity index (χ0v) is 28.7. The summed E-state index contributed by atoms with van der Waals surface area (Å²) < 4.78 is 49.8. The Morgan fingerprint density at radius 3 is 1.14 bits per heavy atom. The lowest BCUT2D eigenvalue weighted by Crippen LogP contribution is -2.49. The molecule has 0 aromatic carbocycles. The van der Waals surface area contributed by atoms with Crippen molar-refractivity contribution in [3.63, 3.8) is 0 Å². The standard InChI is InChI=1S/C22H54N2O9Si4/c1-25-35(26-2,27-3)19-13-11-10-12-18-34-22(23-16-14-20-36(28-4,29-5)30-6)24-17-15-21-37(31-7,32-8)33-9/h22-24H,10-21H2,1-9H3. The van der Waals surface area contributed by atoms with E-state index in [9.17, 15) is 0 Å². The Morgan fingerprint density at radius 1 is 0.459 bits per heavy atom. The third kappa shape index (κ3) is 14.6. The van der Waals surface area contributed by atoms with Crippen LogP contribution in [0.5, 0.6) is 0 Å². The zero-order valence-electron chi connectivity index (χ0n) is 24.7. The average Bonchev–Trinajstić information content (AvgIpc) is 2.95. The highest BCUT2D eigenvalue weighted by Gasteiger charge is 2.38. The van der Waals surface area contributed by atoms with Crippen LogP contribution in [0.4, 0.5) is 0 Å². The average molecular weight is 603 g/mol. The maximum absolute atomic E-state index is 5.54. The number of unbranched alkanes of at least 4 members (excludes halogenated alkanes) is 3. The number of hydrogen-bond acceptors (Lipinski definition) is 11. The van der Waals surface area contributed by atoms with E-state index < -0.39 is 26.4 Å². The molecule has 37 heavy (non-hydrogen) atoms. The van der Waals surface area contributed by atoms with Gasteiger partial charge in [-0.3, -0.25) is 0 Å². The van der Waals surface area contributed by atoms with E-state index in [2.05, 4.69) is 10.6 Å². The van der Waals surface area contributed by atoms with Crippen molar-refractivity contribution in [1.82, 2.24) is 10.6 Å². The van der Waals surface area contributed by atoms with Crippen molar-refractivity contribution >= 4 is 35.9 Å². The van der Waals surface area contributed by atoms with Crippen LogP contribution >= 0.6 is 0 Å². The highest BCUT2D eigenvalue weighted by molar-refractivity contribution is 6.61. The van der Waals surface area contributed by atoms with Crippen molar-refractivity contribution in [2.75, 3.05) is 77.1 Å². The minimum Gasteiger partial charge on any atom is -0.377 e. The minimum atomic E-state index is -2.54. The number of rotatable bonds is 27. The summed E-state index contributed by atoms with van der Waals surface area (Å²) in [4.78, 5) is 0. The quantitative estimate of drug-likeness (QED) is 0.0823. The Labute approximate surface area is 231 Å². The second kappa shape index (κ2) is 22.2. The van der Waals surface area contributed by atoms with E-state index in [0.29, 0.717) is 0 Å². The molecule has 0 aliphatic carbocycles. The molecule has 0 saturated heterocycles. The second-order valence-electron chi connectivity index (χ2n) is 8.55.